The van der Waals surface area contributed by atoms with E-state index in [-0.39, 0.29) is 0 Å². The third-order valence-corrected chi connectivity index (χ3v) is 2.75. The minimum absolute atomic E-state index is 0.457. The molecule has 0 spiro atoms. The molecule has 0 unspecified atom stereocenters. The molecule has 15 heavy (non-hydrogen) atoms. The molecule has 3 nitrogen and oxygen atoms in total. The van der Waals surface area contributed by atoms with Crippen molar-refractivity contribution in [1.29, 1.82) is 0 Å². The third kappa shape index (κ3) is 2.56. The summed E-state index contributed by atoms with van der Waals surface area (Å²) in [6.07, 6.45) is 3.41. The number of rotatable bonds is 2. The van der Waals surface area contributed by atoms with Crippen molar-refractivity contribution in [3.63, 3.8) is 0 Å². The molecule has 0 aromatic heterocycles. The summed E-state index contributed by atoms with van der Waals surface area (Å²) >= 11 is 11.8. The number of hydrogen-bond acceptors (Lipinski definition) is 3. The van der Waals surface area contributed by atoms with Crippen LogP contribution in [0.5, 0.6) is 0 Å². The Kier molecular flexibility index (Phi) is 3.05. The van der Waals surface area contributed by atoms with Crippen LogP contribution >= 0.6 is 23.2 Å². The number of hydroxylamine groups is 2. The third-order valence-electron chi connectivity index (χ3n) is 2.16. The Morgan fingerprint density at radius 1 is 1.27 bits per heavy atom. The summed E-state index contributed by atoms with van der Waals surface area (Å²) < 4.78 is 0. The molecule has 0 bridgehead atoms. The Morgan fingerprint density at radius 3 is 2.67 bits per heavy atom. The van der Waals surface area contributed by atoms with Crippen LogP contribution < -0.4 is 0 Å². The van der Waals surface area contributed by atoms with Crippen molar-refractivity contribution in [2.24, 2.45) is 0 Å². The number of nitrogens with zero attached hydrogens (tertiary/aromatic N) is 2. The van der Waals surface area contributed by atoms with Gasteiger partial charge in [-0.15, -0.1) is 0 Å². The summed E-state index contributed by atoms with van der Waals surface area (Å²) in [4.78, 5) is 1.94. The summed E-state index contributed by atoms with van der Waals surface area (Å²) in [5.74, 6) is 0. The molecule has 0 saturated heterocycles. The van der Waals surface area contributed by atoms with Crippen molar-refractivity contribution in [3.8, 4) is 0 Å². The van der Waals surface area contributed by atoms with E-state index in [1.54, 1.807) is 18.3 Å². The molecule has 1 aliphatic rings. The fourth-order valence-electron chi connectivity index (χ4n) is 1.42. The Bertz CT molecular complexity index is 395. The van der Waals surface area contributed by atoms with E-state index in [9.17, 15) is 0 Å². The predicted molar refractivity (Wildman–Crippen MR) is 59.6 cm³/mol. The van der Waals surface area contributed by atoms with Gasteiger partial charge in [0, 0.05) is 29.0 Å². The van der Waals surface area contributed by atoms with E-state index in [0.29, 0.717) is 23.3 Å². The lowest BCUT2D eigenvalue weighted by Crippen LogP contribution is -2.22. The van der Waals surface area contributed by atoms with Crippen LogP contribution in [0.15, 0.2) is 30.6 Å². The molecule has 1 aromatic carbocycles. The van der Waals surface area contributed by atoms with Gasteiger partial charge >= 0.3 is 0 Å². The fourth-order valence-corrected chi connectivity index (χ4v) is 1.89. The molecule has 5 heteroatoms. The first-order valence-electron chi connectivity index (χ1n) is 4.47. The van der Waals surface area contributed by atoms with Crippen LogP contribution in [0.4, 0.5) is 0 Å². The van der Waals surface area contributed by atoms with E-state index in [1.165, 1.54) is 0 Å². The minimum Gasteiger partial charge on any atom is -0.352 e. The van der Waals surface area contributed by atoms with E-state index in [1.807, 2.05) is 17.2 Å². The number of benzene rings is 1. The quantitative estimate of drug-likeness (QED) is 0.867. The first-order valence-corrected chi connectivity index (χ1v) is 5.22. The predicted octanol–water partition coefficient (Wildman–Crippen LogP) is 2.93. The van der Waals surface area contributed by atoms with Crippen LogP contribution in [0.3, 0.4) is 0 Å². The molecule has 0 atom stereocenters. The lowest BCUT2D eigenvalue weighted by molar-refractivity contribution is -0.0555. The second kappa shape index (κ2) is 4.31. The van der Waals surface area contributed by atoms with Crippen molar-refractivity contribution in [2.45, 2.75) is 6.54 Å². The van der Waals surface area contributed by atoms with E-state index in [4.69, 9.17) is 28.4 Å². The zero-order valence-corrected chi connectivity index (χ0v) is 9.41. The highest BCUT2D eigenvalue weighted by atomic mass is 35.5. The monoisotopic (exact) mass is 244 g/mol. The highest BCUT2D eigenvalue weighted by molar-refractivity contribution is 6.35. The molecular weight excluding hydrogens is 235 g/mol. The summed E-state index contributed by atoms with van der Waals surface area (Å²) in [6.45, 7) is 1.11. The van der Waals surface area contributed by atoms with Gasteiger partial charge in [0.25, 0.3) is 0 Å². The second-order valence-corrected chi connectivity index (χ2v) is 4.21. The van der Waals surface area contributed by atoms with Crippen LogP contribution in [-0.4, -0.2) is 21.8 Å². The smallest absolute Gasteiger partial charge is 0.115 e. The zero-order valence-electron chi connectivity index (χ0n) is 7.90. The molecule has 2 rings (SSSR count). The molecule has 0 fully saturated rings. The number of hydrogen-bond donors (Lipinski definition) is 1. The topological polar surface area (TPSA) is 26.7 Å². The average Bonchev–Trinajstić information content (AvgIpc) is 2.56. The molecule has 80 valence electrons. The SMILES string of the molecule is ON1C=CN(Cc2ccc(Cl)cc2Cl)C1. The minimum atomic E-state index is 0.457. The highest BCUT2D eigenvalue weighted by Gasteiger charge is 2.11. The molecule has 0 radical (unpaired) electrons. The van der Waals surface area contributed by atoms with Gasteiger partial charge in [-0.25, -0.2) is 5.06 Å². The molecule has 0 saturated carbocycles. The van der Waals surface area contributed by atoms with Gasteiger partial charge in [-0.1, -0.05) is 29.3 Å². The molecule has 1 N–H and O–H groups in total. The van der Waals surface area contributed by atoms with Crippen LogP contribution in [0, 0.1) is 0 Å². The molecule has 1 aliphatic heterocycles. The average molecular weight is 245 g/mol. The van der Waals surface area contributed by atoms with Gasteiger partial charge in [0.15, 0.2) is 0 Å². The lowest BCUT2D eigenvalue weighted by Gasteiger charge is -2.17. The first-order chi connectivity index (χ1) is 7.15. The van der Waals surface area contributed by atoms with Gasteiger partial charge in [0.2, 0.25) is 0 Å². The van der Waals surface area contributed by atoms with E-state index < -0.39 is 0 Å². The van der Waals surface area contributed by atoms with Crippen molar-refractivity contribution in [2.75, 3.05) is 6.67 Å². The summed E-state index contributed by atoms with van der Waals surface area (Å²) in [5, 5.41) is 11.5. The molecule has 1 heterocycles. The molecular formula is C10H10Cl2N2O. The zero-order chi connectivity index (χ0) is 10.8. The Hall–Kier alpha value is -0.900. The molecule has 0 amide bonds. The van der Waals surface area contributed by atoms with Gasteiger partial charge < -0.3 is 4.90 Å². The van der Waals surface area contributed by atoms with E-state index in [2.05, 4.69) is 0 Å². The maximum absolute atomic E-state index is 9.14. The maximum atomic E-state index is 9.14. The van der Waals surface area contributed by atoms with Crippen molar-refractivity contribution < 1.29 is 5.21 Å². The standard InChI is InChI=1S/C10H10Cl2N2O/c11-9-2-1-8(10(12)5-9)6-13-3-4-14(15)7-13/h1-5,15H,6-7H2. The van der Waals surface area contributed by atoms with E-state index >= 15 is 0 Å². The van der Waals surface area contributed by atoms with Crippen LogP contribution in [-0.2, 0) is 6.54 Å². The van der Waals surface area contributed by atoms with Crippen LogP contribution in [0.1, 0.15) is 5.56 Å². The number of halogens is 2. The van der Waals surface area contributed by atoms with Gasteiger partial charge in [-0.05, 0) is 17.7 Å². The van der Waals surface area contributed by atoms with Crippen molar-refractivity contribution in [1.82, 2.24) is 9.96 Å². The largest absolute Gasteiger partial charge is 0.352 e. The Balaban J connectivity index is 2.08. The normalized spacial score (nSPS) is 15.1. The fraction of sp³-hybridized carbons (Fsp3) is 0.200. The van der Waals surface area contributed by atoms with Gasteiger partial charge in [-0.3, -0.25) is 5.21 Å². The van der Waals surface area contributed by atoms with Crippen molar-refractivity contribution in [3.05, 3.63) is 46.2 Å². The van der Waals surface area contributed by atoms with Crippen LogP contribution in [0.25, 0.3) is 0 Å². The van der Waals surface area contributed by atoms with E-state index in [0.717, 1.165) is 10.6 Å². The lowest BCUT2D eigenvalue weighted by atomic mass is 10.2. The first kappa shape index (κ1) is 10.6. The summed E-state index contributed by atoms with van der Waals surface area (Å²) in [6, 6.07) is 5.41. The van der Waals surface area contributed by atoms with Gasteiger partial charge in [0.05, 0.1) is 0 Å². The summed E-state index contributed by atoms with van der Waals surface area (Å²) in [5.41, 5.74) is 0.987. The van der Waals surface area contributed by atoms with Crippen LogP contribution in [0.2, 0.25) is 10.0 Å². The van der Waals surface area contributed by atoms with Crippen molar-refractivity contribution >= 4 is 23.2 Å². The summed E-state index contributed by atoms with van der Waals surface area (Å²) in [7, 11) is 0. The molecule has 0 aliphatic carbocycles. The Labute approximate surface area is 98.1 Å². The Morgan fingerprint density at radius 2 is 2.07 bits per heavy atom. The molecule has 1 aromatic rings. The van der Waals surface area contributed by atoms with Gasteiger partial charge in [0.1, 0.15) is 6.67 Å². The highest BCUT2D eigenvalue weighted by Crippen LogP contribution is 2.23. The maximum Gasteiger partial charge on any atom is 0.115 e. The van der Waals surface area contributed by atoms with Gasteiger partial charge in [-0.2, -0.15) is 0 Å². The second-order valence-electron chi connectivity index (χ2n) is 3.36.